The van der Waals surface area contributed by atoms with Crippen molar-refractivity contribution in [2.75, 3.05) is 32.0 Å². The zero-order valence-electron chi connectivity index (χ0n) is 22.0. The van der Waals surface area contributed by atoms with Crippen LogP contribution >= 0.6 is 11.6 Å². The van der Waals surface area contributed by atoms with Crippen LogP contribution in [0.3, 0.4) is 0 Å². The second-order valence-electron chi connectivity index (χ2n) is 10.7. The fraction of sp³-hybridized carbons (Fsp3) is 0.379. The highest BCUT2D eigenvalue weighted by Crippen LogP contribution is 2.37. The Morgan fingerprint density at radius 2 is 1.85 bits per heavy atom. The number of morpholine rings is 1. The minimum atomic E-state index is -0.347. The molecule has 1 saturated carbocycles. The van der Waals surface area contributed by atoms with Gasteiger partial charge in [0, 0.05) is 41.7 Å². The molecular weight excluding hydrogens is 531 g/mol. The molecule has 3 aromatic heterocycles. The molecule has 3 N–H and O–H groups in total. The van der Waals surface area contributed by atoms with E-state index >= 15 is 0 Å². The molecule has 4 heterocycles. The fourth-order valence-corrected chi connectivity index (χ4v) is 6.45. The summed E-state index contributed by atoms with van der Waals surface area (Å²) in [6.07, 6.45) is 6.08. The van der Waals surface area contributed by atoms with Gasteiger partial charge in [-0.15, -0.1) is 0 Å². The molecule has 0 unspecified atom stereocenters. The molecule has 11 heteroatoms. The Morgan fingerprint density at radius 1 is 1.05 bits per heavy atom. The van der Waals surface area contributed by atoms with Gasteiger partial charge in [-0.25, -0.2) is 24.0 Å². The van der Waals surface area contributed by atoms with Crippen molar-refractivity contribution in [3.63, 3.8) is 0 Å². The highest BCUT2D eigenvalue weighted by Gasteiger charge is 2.30. The maximum Gasteiger partial charge on any atom is 0.164 e. The number of halogens is 2. The number of aromatic amines is 1. The van der Waals surface area contributed by atoms with Crippen LogP contribution in [-0.4, -0.2) is 67.0 Å². The van der Waals surface area contributed by atoms with Gasteiger partial charge < -0.3 is 15.5 Å². The summed E-state index contributed by atoms with van der Waals surface area (Å²) in [6.45, 7) is 3.67. The van der Waals surface area contributed by atoms with Gasteiger partial charge in [0.2, 0.25) is 0 Å². The lowest BCUT2D eigenvalue weighted by Gasteiger charge is -2.38. The number of nitrogens with zero attached hydrogens (tertiary/aromatic N) is 6. The van der Waals surface area contributed by atoms with Crippen molar-refractivity contribution < 1.29 is 9.13 Å². The number of anilines is 1. The molecule has 0 bridgehead atoms. The maximum absolute atomic E-state index is 14.4. The molecule has 2 aliphatic rings. The van der Waals surface area contributed by atoms with Gasteiger partial charge in [-0.05, 0) is 49.9 Å². The van der Waals surface area contributed by atoms with Crippen LogP contribution in [0.5, 0.6) is 0 Å². The van der Waals surface area contributed by atoms with Crippen LogP contribution in [0.15, 0.2) is 42.7 Å². The molecule has 7 rings (SSSR count). The molecule has 0 spiro atoms. The highest BCUT2D eigenvalue weighted by atomic mass is 35.5. The number of H-pyrrole nitrogens is 1. The first kappa shape index (κ1) is 25.4. The van der Waals surface area contributed by atoms with Gasteiger partial charge in [0.05, 0.1) is 35.7 Å². The molecule has 0 radical (unpaired) electrons. The van der Waals surface area contributed by atoms with Gasteiger partial charge in [0.1, 0.15) is 29.5 Å². The van der Waals surface area contributed by atoms with E-state index in [-0.39, 0.29) is 18.3 Å². The molecule has 5 aromatic rings. The number of fused-ring (bicyclic) bond motifs is 2. The Hall–Kier alpha value is -3.60. The second-order valence-corrected chi connectivity index (χ2v) is 11.1. The zero-order valence-corrected chi connectivity index (χ0v) is 22.7. The van der Waals surface area contributed by atoms with Crippen molar-refractivity contribution >= 4 is 39.5 Å². The van der Waals surface area contributed by atoms with Crippen molar-refractivity contribution in [1.82, 2.24) is 34.6 Å². The monoisotopic (exact) mass is 560 g/mol. The van der Waals surface area contributed by atoms with Gasteiger partial charge in [-0.3, -0.25) is 4.90 Å². The van der Waals surface area contributed by atoms with Gasteiger partial charge in [-0.2, -0.15) is 5.10 Å². The fourth-order valence-electron chi connectivity index (χ4n) is 6.22. The summed E-state index contributed by atoms with van der Waals surface area (Å²) in [5.41, 5.74) is 10.8. The van der Waals surface area contributed by atoms with E-state index < -0.39 is 0 Å². The van der Waals surface area contributed by atoms with Gasteiger partial charge in [-0.1, -0.05) is 23.7 Å². The van der Waals surface area contributed by atoms with E-state index in [0.29, 0.717) is 28.3 Å². The molecule has 1 aliphatic carbocycles. The number of nitrogen functional groups attached to an aromatic ring is 1. The Balaban J connectivity index is 1.20. The normalized spacial score (nSPS) is 20.4. The Kier molecular flexibility index (Phi) is 6.61. The van der Waals surface area contributed by atoms with E-state index in [9.17, 15) is 4.39 Å². The first-order chi connectivity index (χ1) is 19.5. The van der Waals surface area contributed by atoms with Crippen LogP contribution in [0, 0.1) is 5.82 Å². The van der Waals surface area contributed by atoms with Crippen LogP contribution < -0.4 is 5.73 Å². The van der Waals surface area contributed by atoms with Crippen molar-refractivity contribution in [2.24, 2.45) is 0 Å². The lowest BCUT2D eigenvalue weighted by atomic mass is 9.90. The second kappa shape index (κ2) is 10.4. The van der Waals surface area contributed by atoms with E-state index in [1.807, 2.05) is 18.2 Å². The summed E-state index contributed by atoms with van der Waals surface area (Å²) in [5, 5.41) is 6.22. The molecule has 1 saturated heterocycles. The van der Waals surface area contributed by atoms with E-state index in [0.717, 1.165) is 85.3 Å². The topological polar surface area (TPSA) is 111 Å². The summed E-state index contributed by atoms with van der Waals surface area (Å²) in [6, 6.07) is 11.5. The number of nitrogens with two attached hydrogens (primary N) is 1. The molecule has 40 heavy (non-hydrogen) atoms. The Labute approximate surface area is 235 Å². The molecular formula is C29H30ClFN8O. The summed E-state index contributed by atoms with van der Waals surface area (Å²) in [5.74, 6) is 0.694. The molecule has 2 fully saturated rings. The van der Waals surface area contributed by atoms with Gasteiger partial charge in [0.15, 0.2) is 5.65 Å². The molecule has 0 atom stereocenters. The molecule has 0 amide bonds. The van der Waals surface area contributed by atoms with Gasteiger partial charge in [0.25, 0.3) is 0 Å². The quantitative estimate of drug-likeness (QED) is 0.306. The Bertz CT molecular complexity index is 1670. The number of rotatable bonds is 5. The van der Waals surface area contributed by atoms with Crippen LogP contribution in [-0.2, 0) is 11.2 Å². The molecule has 1 aliphatic heterocycles. The van der Waals surface area contributed by atoms with Gasteiger partial charge >= 0.3 is 0 Å². The molecule has 9 nitrogen and oxygen atoms in total. The lowest BCUT2D eigenvalue weighted by molar-refractivity contribution is 0.00520. The Morgan fingerprint density at radius 3 is 2.65 bits per heavy atom. The summed E-state index contributed by atoms with van der Waals surface area (Å²) in [4.78, 5) is 19.5. The number of hydrogen-bond acceptors (Lipinski definition) is 7. The average Bonchev–Trinajstić information content (AvgIpc) is 3.57. The SMILES string of the molecule is Nc1ncnc2c1c(-c1ccc3[nH]c(Cc4c(F)cccc4Cl)nc3c1)nn2[C@H]1CC[C@H](N2CCOCC2)CC1. The predicted octanol–water partition coefficient (Wildman–Crippen LogP) is 5.15. The standard InChI is InChI=1S/C29H30ClFN8O/c30-21-2-1-3-22(31)20(21)15-25-35-23-9-4-17(14-24(23)36-25)27-26-28(32)33-16-34-29(26)39(37-27)19-7-5-18(6-8-19)38-10-12-40-13-11-38/h1-4,9,14,16,18-19H,5-8,10-13,15H2,(H,35,36)(H2,32,33,34)/t18-,19-. The third-order valence-electron chi connectivity index (χ3n) is 8.30. The zero-order chi connectivity index (χ0) is 27.2. The van der Waals surface area contributed by atoms with Crippen LogP contribution in [0.1, 0.15) is 43.1 Å². The first-order valence-corrected chi connectivity index (χ1v) is 14.2. The van der Waals surface area contributed by atoms with Crippen molar-refractivity contribution in [1.29, 1.82) is 0 Å². The third kappa shape index (κ3) is 4.59. The minimum Gasteiger partial charge on any atom is -0.383 e. The third-order valence-corrected chi connectivity index (χ3v) is 8.66. The number of benzene rings is 2. The van der Waals surface area contributed by atoms with Crippen LogP contribution in [0.25, 0.3) is 33.3 Å². The predicted molar refractivity (Wildman–Crippen MR) is 153 cm³/mol. The number of aromatic nitrogens is 6. The number of imidazole rings is 1. The maximum atomic E-state index is 14.4. The summed E-state index contributed by atoms with van der Waals surface area (Å²) < 4.78 is 22.0. The summed E-state index contributed by atoms with van der Waals surface area (Å²) in [7, 11) is 0. The van der Waals surface area contributed by atoms with E-state index in [1.165, 1.54) is 12.4 Å². The van der Waals surface area contributed by atoms with E-state index in [4.69, 9.17) is 32.2 Å². The first-order valence-electron chi connectivity index (χ1n) is 13.8. The number of hydrogen-bond donors (Lipinski definition) is 2. The molecule has 2 aromatic carbocycles. The summed E-state index contributed by atoms with van der Waals surface area (Å²) >= 11 is 6.24. The highest BCUT2D eigenvalue weighted by molar-refractivity contribution is 6.31. The van der Waals surface area contributed by atoms with E-state index in [1.54, 1.807) is 12.1 Å². The van der Waals surface area contributed by atoms with Crippen molar-refractivity contribution in [2.45, 2.75) is 44.2 Å². The largest absolute Gasteiger partial charge is 0.383 e. The molecule has 206 valence electrons. The minimum absolute atomic E-state index is 0.245. The number of ether oxygens (including phenoxy) is 1. The van der Waals surface area contributed by atoms with Crippen molar-refractivity contribution in [3.8, 4) is 11.3 Å². The lowest BCUT2D eigenvalue weighted by Crippen LogP contribution is -2.45. The smallest absolute Gasteiger partial charge is 0.164 e. The van der Waals surface area contributed by atoms with Crippen LogP contribution in [0.2, 0.25) is 5.02 Å². The average molecular weight is 561 g/mol. The number of nitrogens with one attached hydrogen (secondary N) is 1. The van der Waals surface area contributed by atoms with E-state index in [2.05, 4.69) is 24.5 Å². The van der Waals surface area contributed by atoms with Crippen molar-refractivity contribution in [3.05, 3.63) is 65.0 Å². The van der Waals surface area contributed by atoms with Crippen LogP contribution in [0.4, 0.5) is 10.2 Å².